The first-order valence-electron chi connectivity index (χ1n) is 6.56. The monoisotopic (exact) mass is 329 g/mol. The van der Waals surface area contributed by atoms with Gasteiger partial charge >= 0.3 is 5.97 Å². The van der Waals surface area contributed by atoms with Crippen LogP contribution in [0.4, 0.5) is 4.39 Å². The Morgan fingerprint density at radius 3 is 2.73 bits per heavy atom. The minimum Gasteiger partial charge on any atom is -0.462 e. The van der Waals surface area contributed by atoms with E-state index in [0.29, 0.717) is 11.3 Å². The molecule has 0 spiro atoms. The van der Waals surface area contributed by atoms with Crippen LogP contribution in [0.5, 0.6) is 0 Å². The summed E-state index contributed by atoms with van der Waals surface area (Å²) in [5, 5.41) is 0. The minimum absolute atomic E-state index is 0.0148. The van der Waals surface area contributed by atoms with E-state index in [1.54, 1.807) is 6.92 Å². The van der Waals surface area contributed by atoms with Gasteiger partial charge in [-0.15, -0.1) is 0 Å². The Labute approximate surface area is 127 Å². The van der Waals surface area contributed by atoms with Crippen molar-refractivity contribution in [2.75, 3.05) is 19.5 Å². The summed E-state index contributed by atoms with van der Waals surface area (Å²) in [7, 11) is -2.45. The minimum atomic E-state index is -3.80. The maximum absolute atomic E-state index is 14.3. The zero-order valence-corrected chi connectivity index (χ0v) is 13.2. The first-order valence-corrected chi connectivity index (χ1v) is 8.21. The Kier molecular flexibility index (Phi) is 4.52. The van der Waals surface area contributed by atoms with Crippen LogP contribution < -0.4 is 5.48 Å². The highest BCUT2D eigenvalue weighted by Gasteiger charge is 2.32. The predicted octanol–water partition coefficient (Wildman–Crippen LogP) is 1.59. The van der Waals surface area contributed by atoms with Crippen molar-refractivity contribution in [1.82, 2.24) is 5.48 Å². The summed E-state index contributed by atoms with van der Waals surface area (Å²) in [6.45, 7) is 3.30. The summed E-state index contributed by atoms with van der Waals surface area (Å²) in [4.78, 5) is 16.3. The van der Waals surface area contributed by atoms with Gasteiger partial charge in [0.05, 0.1) is 30.7 Å². The third-order valence-corrected chi connectivity index (χ3v) is 4.92. The molecule has 120 valence electrons. The first-order chi connectivity index (χ1) is 10.3. The van der Waals surface area contributed by atoms with E-state index in [2.05, 4.69) is 5.48 Å². The van der Waals surface area contributed by atoms with Gasteiger partial charge in [-0.05, 0) is 31.6 Å². The first kappa shape index (κ1) is 16.4. The topological polar surface area (TPSA) is 81.7 Å². The molecule has 1 N–H and O–H groups in total. The number of benzene rings is 1. The second kappa shape index (κ2) is 6.05. The zero-order valence-electron chi connectivity index (χ0n) is 12.4. The van der Waals surface area contributed by atoms with Crippen LogP contribution in [-0.2, 0) is 19.4 Å². The van der Waals surface area contributed by atoms with Crippen LogP contribution in [0.1, 0.15) is 28.4 Å². The average molecular weight is 329 g/mol. The molecule has 6 nitrogen and oxygen atoms in total. The Balaban J connectivity index is 2.75. The van der Waals surface area contributed by atoms with Crippen molar-refractivity contribution in [1.29, 1.82) is 0 Å². The molecule has 0 fully saturated rings. The molecule has 22 heavy (non-hydrogen) atoms. The van der Waals surface area contributed by atoms with Crippen LogP contribution >= 0.6 is 0 Å². The predicted molar refractivity (Wildman–Crippen MR) is 77.3 cm³/mol. The second-order valence-corrected chi connectivity index (χ2v) is 6.63. The zero-order chi connectivity index (χ0) is 16.5. The fraction of sp³-hybridized carbons (Fsp3) is 0.357. The van der Waals surface area contributed by atoms with Gasteiger partial charge < -0.3 is 4.74 Å². The lowest BCUT2D eigenvalue weighted by Gasteiger charge is -2.22. The number of nitrogens with one attached hydrogen (secondary N) is 1. The van der Waals surface area contributed by atoms with Gasteiger partial charge in [-0.25, -0.2) is 17.6 Å². The third kappa shape index (κ3) is 2.71. The fourth-order valence-electron chi connectivity index (χ4n) is 2.36. The van der Waals surface area contributed by atoms with E-state index in [0.717, 1.165) is 6.07 Å². The van der Waals surface area contributed by atoms with E-state index in [1.807, 2.05) is 0 Å². The largest absolute Gasteiger partial charge is 0.462 e. The molecule has 1 aliphatic rings. The number of hydrogen-bond acceptors (Lipinski definition) is 6. The summed E-state index contributed by atoms with van der Waals surface area (Å²) in [6, 6.07) is 0.902. The van der Waals surface area contributed by atoms with E-state index < -0.39 is 26.5 Å². The molecule has 1 aliphatic heterocycles. The van der Waals surface area contributed by atoms with Crippen molar-refractivity contribution in [3.8, 4) is 0 Å². The molecule has 1 heterocycles. The molecule has 1 aromatic carbocycles. The fourth-order valence-corrected chi connectivity index (χ4v) is 3.84. The molecular weight excluding hydrogens is 313 g/mol. The highest BCUT2D eigenvalue weighted by atomic mass is 32.2. The summed E-state index contributed by atoms with van der Waals surface area (Å²) in [5.74, 6) is -2.03. The van der Waals surface area contributed by atoms with E-state index in [9.17, 15) is 17.6 Å². The molecule has 0 saturated carbocycles. The van der Waals surface area contributed by atoms with Crippen LogP contribution in [0.15, 0.2) is 17.0 Å². The molecule has 8 heteroatoms. The number of carbonyl (C=O) groups excluding carboxylic acids is 1. The number of hydroxylamine groups is 1. The van der Waals surface area contributed by atoms with Crippen molar-refractivity contribution >= 4 is 21.5 Å². The molecule has 0 unspecified atom stereocenters. The van der Waals surface area contributed by atoms with Crippen molar-refractivity contribution < 1.29 is 27.2 Å². The van der Waals surface area contributed by atoms with E-state index in [-0.39, 0.29) is 23.5 Å². The number of hydrogen-bond donors (Lipinski definition) is 1. The van der Waals surface area contributed by atoms with Crippen LogP contribution in [0, 0.1) is 12.7 Å². The number of rotatable bonds is 4. The summed E-state index contributed by atoms with van der Waals surface area (Å²) in [6.07, 6.45) is 1.38. The molecule has 0 amide bonds. The van der Waals surface area contributed by atoms with Gasteiger partial charge in [-0.1, -0.05) is 0 Å². The van der Waals surface area contributed by atoms with Gasteiger partial charge in [-0.2, -0.15) is 0 Å². The van der Waals surface area contributed by atoms with E-state index >= 15 is 0 Å². The van der Waals surface area contributed by atoms with Crippen LogP contribution in [0.3, 0.4) is 0 Å². The molecule has 0 saturated heterocycles. The Morgan fingerprint density at radius 2 is 2.14 bits per heavy atom. The lowest BCUT2D eigenvalue weighted by atomic mass is 9.99. The van der Waals surface area contributed by atoms with Crippen molar-refractivity contribution in [3.63, 3.8) is 0 Å². The smallest absolute Gasteiger partial charge is 0.338 e. The normalized spacial score (nSPS) is 15.7. The van der Waals surface area contributed by atoms with E-state index in [4.69, 9.17) is 9.57 Å². The lowest BCUT2D eigenvalue weighted by Crippen LogP contribution is -2.24. The number of halogens is 1. The number of esters is 1. The SMILES string of the molecule is CCOC(=O)c1cc(F)c2c(c1C)C(NOC)=CCS2(=O)=O. The van der Waals surface area contributed by atoms with Gasteiger partial charge in [0.15, 0.2) is 9.84 Å². The number of carbonyl (C=O) groups is 1. The van der Waals surface area contributed by atoms with Crippen molar-refractivity contribution in [2.24, 2.45) is 0 Å². The highest BCUT2D eigenvalue weighted by Crippen LogP contribution is 2.35. The lowest BCUT2D eigenvalue weighted by molar-refractivity contribution is 0.0524. The second-order valence-electron chi connectivity index (χ2n) is 4.66. The van der Waals surface area contributed by atoms with Crippen LogP contribution in [0.2, 0.25) is 0 Å². The average Bonchev–Trinajstić information content (AvgIpc) is 2.44. The van der Waals surface area contributed by atoms with Gasteiger partial charge in [-0.3, -0.25) is 10.3 Å². The Morgan fingerprint density at radius 1 is 1.45 bits per heavy atom. The van der Waals surface area contributed by atoms with Crippen molar-refractivity contribution in [3.05, 3.63) is 34.6 Å². The number of sulfone groups is 1. The Hall–Kier alpha value is -1.93. The van der Waals surface area contributed by atoms with Crippen LogP contribution in [-0.4, -0.2) is 33.9 Å². The maximum Gasteiger partial charge on any atom is 0.338 e. The Bertz CT molecular complexity index is 755. The highest BCUT2D eigenvalue weighted by molar-refractivity contribution is 7.91. The van der Waals surface area contributed by atoms with Gasteiger partial charge in [0, 0.05) is 5.56 Å². The van der Waals surface area contributed by atoms with Crippen molar-refractivity contribution in [2.45, 2.75) is 18.7 Å². The van der Waals surface area contributed by atoms with Gasteiger partial charge in [0.2, 0.25) is 0 Å². The summed E-state index contributed by atoms with van der Waals surface area (Å²) >= 11 is 0. The molecule has 0 aliphatic carbocycles. The molecule has 2 rings (SSSR count). The summed E-state index contributed by atoms with van der Waals surface area (Å²) in [5.41, 5.74) is 3.22. The van der Waals surface area contributed by atoms with Gasteiger partial charge in [0.1, 0.15) is 10.7 Å². The molecule has 0 bridgehead atoms. The van der Waals surface area contributed by atoms with Crippen LogP contribution in [0.25, 0.3) is 5.70 Å². The number of fused-ring (bicyclic) bond motifs is 1. The molecule has 0 atom stereocenters. The standard InChI is InChI=1S/C14H16FNO5S/c1-4-21-14(17)9-7-10(15)13-12(8(9)2)11(16-20-3)5-6-22(13,18)19/h5,7,16H,4,6H2,1-3H3. The molecular formula is C14H16FNO5S. The molecule has 0 radical (unpaired) electrons. The quantitative estimate of drug-likeness (QED) is 0.667. The molecule has 0 aromatic heterocycles. The van der Waals surface area contributed by atoms with E-state index in [1.165, 1.54) is 20.1 Å². The third-order valence-electron chi connectivity index (χ3n) is 3.29. The summed E-state index contributed by atoms with van der Waals surface area (Å²) < 4.78 is 43.5. The number of ether oxygens (including phenoxy) is 1. The molecule has 1 aromatic rings. The van der Waals surface area contributed by atoms with Gasteiger partial charge in [0.25, 0.3) is 0 Å². The maximum atomic E-state index is 14.3.